The minimum absolute atomic E-state index is 0.664. The van der Waals surface area contributed by atoms with Crippen LogP contribution in [0.3, 0.4) is 0 Å². The third-order valence-electron chi connectivity index (χ3n) is 5.49. The predicted octanol–water partition coefficient (Wildman–Crippen LogP) is 4.49. The van der Waals surface area contributed by atoms with Crippen molar-refractivity contribution < 1.29 is 4.74 Å². The standard InChI is InChI=1S/C19H29NOS/c1-5-13-11-17-18(19(21-4)16(13)6-2)14(12-22-17)10-15-8-7-9-20(15)3/h11,14-15H,5-10,12H2,1-4H3/t14?,15-/m1/s1. The molecule has 1 fully saturated rings. The molecule has 0 N–H and O–H groups in total. The minimum atomic E-state index is 0.664. The van der Waals surface area contributed by atoms with Crippen molar-refractivity contribution in [1.82, 2.24) is 4.90 Å². The topological polar surface area (TPSA) is 12.5 Å². The fourth-order valence-electron chi connectivity index (χ4n) is 4.25. The van der Waals surface area contributed by atoms with E-state index in [0.29, 0.717) is 5.92 Å². The zero-order valence-electron chi connectivity index (χ0n) is 14.4. The van der Waals surface area contributed by atoms with Crippen molar-refractivity contribution in [3.8, 4) is 5.75 Å². The van der Waals surface area contributed by atoms with E-state index in [1.54, 1.807) is 0 Å². The Morgan fingerprint density at radius 2 is 2.14 bits per heavy atom. The molecule has 22 heavy (non-hydrogen) atoms. The smallest absolute Gasteiger partial charge is 0.126 e. The van der Waals surface area contributed by atoms with Gasteiger partial charge in [-0.3, -0.25) is 0 Å². The van der Waals surface area contributed by atoms with Crippen LogP contribution in [0.4, 0.5) is 0 Å². The molecule has 2 nitrogen and oxygen atoms in total. The van der Waals surface area contributed by atoms with E-state index in [1.807, 2.05) is 18.9 Å². The third kappa shape index (κ3) is 2.78. The molecule has 1 saturated heterocycles. The molecule has 3 heteroatoms. The summed E-state index contributed by atoms with van der Waals surface area (Å²) in [7, 11) is 4.14. The fourth-order valence-corrected chi connectivity index (χ4v) is 5.57. The summed E-state index contributed by atoms with van der Waals surface area (Å²) in [5, 5.41) is 0. The number of hydrogen-bond acceptors (Lipinski definition) is 3. The van der Waals surface area contributed by atoms with E-state index in [9.17, 15) is 0 Å². The normalized spacial score (nSPS) is 24.7. The first kappa shape index (κ1) is 16.2. The van der Waals surface area contributed by atoms with Gasteiger partial charge < -0.3 is 9.64 Å². The summed E-state index contributed by atoms with van der Waals surface area (Å²) < 4.78 is 5.92. The number of hydrogen-bond donors (Lipinski definition) is 0. The number of methoxy groups -OCH3 is 1. The molecular weight excluding hydrogens is 290 g/mol. The van der Waals surface area contributed by atoms with E-state index in [4.69, 9.17) is 4.74 Å². The number of likely N-dealkylation sites (tertiary alicyclic amines) is 1. The summed E-state index contributed by atoms with van der Waals surface area (Å²) in [5.41, 5.74) is 4.43. The molecule has 0 aliphatic carbocycles. The Morgan fingerprint density at radius 1 is 1.32 bits per heavy atom. The number of benzene rings is 1. The van der Waals surface area contributed by atoms with Crippen LogP contribution in [0.2, 0.25) is 0 Å². The molecule has 3 rings (SSSR count). The van der Waals surface area contributed by atoms with Gasteiger partial charge in [0, 0.05) is 22.3 Å². The fraction of sp³-hybridized carbons (Fsp3) is 0.684. The molecule has 0 amide bonds. The van der Waals surface area contributed by atoms with Gasteiger partial charge in [0.15, 0.2) is 0 Å². The number of nitrogens with zero attached hydrogens (tertiary/aromatic N) is 1. The Bertz CT molecular complexity index is 543. The number of fused-ring (bicyclic) bond motifs is 1. The Morgan fingerprint density at radius 3 is 2.73 bits per heavy atom. The second-order valence-corrected chi connectivity index (χ2v) is 7.75. The van der Waals surface area contributed by atoms with Crippen LogP contribution < -0.4 is 4.74 Å². The van der Waals surface area contributed by atoms with E-state index in [-0.39, 0.29) is 0 Å². The van der Waals surface area contributed by atoms with Gasteiger partial charge in [0.1, 0.15) is 5.75 Å². The molecule has 1 aromatic rings. The summed E-state index contributed by atoms with van der Waals surface area (Å²) in [6, 6.07) is 3.21. The zero-order chi connectivity index (χ0) is 15.7. The molecule has 122 valence electrons. The molecular formula is C19H29NOS. The Hall–Kier alpha value is -0.670. The van der Waals surface area contributed by atoms with Crippen LogP contribution in [0.5, 0.6) is 5.75 Å². The average molecular weight is 320 g/mol. The molecule has 0 saturated carbocycles. The van der Waals surface area contributed by atoms with Crippen molar-refractivity contribution in [2.24, 2.45) is 0 Å². The molecule has 1 unspecified atom stereocenters. The van der Waals surface area contributed by atoms with Crippen LogP contribution in [-0.2, 0) is 12.8 Å². The molecule has 2 heterocycles. The second-order valence-electron chi connectivity index (χ2n) is 6.69. The number of rotatable bonds is 5. The first-order valence-corrected chi connectivity index (χ1v) is 9.73. The number of aryl methyl sites for hydroxylation is 1. The lowest BCUT2D eigenvalue weighted by Crippen LogP contribution is -2.27. The maximum absolute atomic E-state index is 5.92. The van der Waals surface area contributed by atoms with Gasteiger partial charge in [-0.2, -0.15) is 0 Å². The van der Waals surface area contributed by atoms with Crippen LogP contribution in [0.25, 0.3) is 0 Å². The number of thioether (sulfide) groups is 1. The third-order valence-corrected chi connectivity index (χ3v) is 6.71. The molecule has 0 bridgehead atoms. The summed E-state index contributed by atoms with van der Waals surface area (Å²) in [6.07, 6.45) is 6.19. The molecule has 0 aromatic heterocycles. The second kappa shape index (κ2) is 6.84. The molecule has 2 aliphatic rings. The first-order valence-electron chi connectivity index (χ1n) is 8.75. The quantitative estimate of drug-likeness (QED) is 0.793. The molecule has 0 spiro atoms. The summed E-state index contributed by atoms with van der Waals surface area (Å²) in [4.78, 5) is 4.03. The van der Waals surface area contributed by atoms with E-state index in [0.717, 1.165) is 18.9 Å². The van der Waals surface area contributed by atoms with Crippen LogP contribution in [-0.4, -0.2) is 37.4 Å². The largest absolute Gasteiger partial charge is 0.496 e. The minimum Gasteiger partial charge on any atom is -0.496 e. The predicted molar refractivity (Wildman–Crippen MR) is 95.5 cm³/mol. The van der Waals surface area contributed by atoms with Crippen LogP contribution >= 0.6 is 11.8 Å². The average Bonchev–Trinajstić information content (AvgIpc) is 3.12. The van der Waals surface area contributed by atoms with Crippen molar-refractivity contribution in [3.63, 3.8) is 0 Å². The van der Waals surface area contributed by atoms with Gasteiger partial charge in [0.25, 0.3) is 0 Å². The highest BCUT2D eigenvalue weighted by Crippen LogP contribution is 2.49. The lowest BCUT2D eigenvalue weighted by Gasteiger charge is -2.25. The lowest BCUT2D eigenvalue weighted by molar-refractivity contribution is 0.284. The van der Waals surface area contributed by atoms with Crippen molar-refractivity contribution in [2.75, 3.05) is 26.5 Å². The Labute approximate surface area is 139 Å². The van der Waals surface area contributed by atoms with Gasteiger partial charge in [-0.1, -0.05) is 13.8 Å². The van der Waals surface area contributed by atoms with E-state index < -0.39 is 0 Å². The maximum atomic E-state index is 5.92. The highest BCUT2D eigenvalue weighted by atomic mass is 32.2. The van der Waals surface area contributed by atoms with Crippen LogP contribution in [0, 0.1) is 0 Å². The maximum Gasteiger partial charge on any atom is 0.126 e. The van der Waals surface area contributed by atoms with Gasteiger partial charge in [-0.05, 0) is 68.8 Å². The molecule has 2 aliphatic heterocycles. The monoisotopic (exact) mass is 319 g/mol. The SMILES string of the molecule is CCc1cc2c(c(OC)c1CC)C(C[C@H]1CCCN1C)CS2. The molecule has 1 aromatic carbocycles. The first-order chi connectivity index (χ1) is 10.7. The van der Waals surface area contributed by atoms with Crippen molar-refractivity contribution in [2.45, 2.75) is 62.8 Å². The highest BCUT2D eigenvalue weighted by Gasteiger charge is 2.33. The Kier molecular flexibility index (Phi) is 5.03. The van der Waals surface area contributed by atoms with Crippen molar-refractivity contribution >= 4 is 11.8 Å². The Balaban J connectivity index is 1.94. The summed E-state index contributed by atoms with van der Waals surface area (Å²) >= 11 is 2.04. The van der Waals surface area contributed by atoms with Crippen molar-refractivity contribution in [3.05, 3.63) is 22.8 Å². The van der Waals surface area contributed by atoms with Gasteiger partial charge >= 0.3 is 0 Å². The van der Waals surface area contributed by atoms with Crippen LogP contribution in [0.1, 0.15) is 55.7 Å². The highest BCUT2D eigenvalue weighted by molar-refractivity contribution is 7.99. The van der Waals surface area contributed by atoms with Gasteiger partial charge in [-0.15, -0.1) is 11.8 Å². The van der Waals surface area contributed by atoms with Crippen LogP contribution in [0.15, 0.2) is 11.0 Å². The lowest BCUT2D eigenvalue weighted by atomic mass is 9.88. The van der Waals surface area contributed by atoms with E-state index >= 15 is 0 Å². The molecule has 0 radical (unpaired) electrons. The number of ether oxygens (including phenoxy) is 1. The molecule has 2 atom stereocenters. The van der Waals surface area contributed by atoms with E-state index in [1.165, 1.54) is 58.9 Å². The summed E-state index contributed by atoms with van der Waals surface area (Å²) in [6.45, 7) is 5.78. The van der Waals surface area contributed by atoms with E-state index in [2.05, 4.69) is 31.9 Å². The van der Waals surface area contributed by atoms with Gasteiger partial charge in [-0.25, -0.2) is 0 Å². The van der Waals surface area contributed by atoms with Gasteiger partial charge in [0.05, 0.1) is 7.11 Å². The zero-order valence-corrected chi connectivity index (χ0v) is 15.3. The summed E-state index contributed by atoms with van der Waals surface area (Å²) in [5.74, 6) is 3.09. The van der Waals surface area contributed by atoms with Gasteiger partial charge in [0.2, 0.25) is 0 Å². The van der Waals surface area contributed by atoms with Crippen molar-refractivity contribution in [1.29, 1.82) is 0 Å².